The molecule has 0 bridgehead atoms. The standard InChI is InChI=1S/C15H13NO5/c17-13-6-5-12(9-21-13)14(18)16-8-7-10-1-3-11(4-2-10)15(19)20/h1-6,9H,7-8H2,(H,16,18)(H,19,20). The summed E-state index contributed by atoms with van der Waals surface area (Å²) in [4.78, 5) is 33.2. The summed E-state index contributed by atoms with van der Waals surface area (Å²) in [5, 5.41) is 11.5. The van der Waals surface area contributed by atoms with Gasteiger partial charge in [0, 0.05) is 12.6 Å². The van der Waals surface area contributed by atoms with Crippen LogP contribution in [0.4, 0.5) is 0 Å². The van der Waals surface area contributed by atoms with Gasteiger partial charge in [0.1, 0.15) is 6.26 Å². The molecule has 0 unspecified atom stereocenters. The van der Waals surface area contributed by atoms with Crippen molar-refractivity contribution < 1.29 is 19.1 Å². The predicted molar refractivity (Wildman–Crippen MR) is 74.4 cm³/mol. The van der Waals surface area contributed by atoms with E-state index in [1.165, 1.54) is 24.3 Å². The molecule has 0 spiro atoms. The Balaban J connectivity index is 1.86. The van der Waals surface area contributed by atoms with E-state index in [4.69, 9.17) is 5.11 Å². The number of carbonyl (C=O) groups is 2. The molecular formula is C15H13NO5. The van der Waals surface area contributed by atoms with Crippen LogP contribution < -0.4 is 10.9 Å². The largest absolute Gasteiger partial charge is 0.478 e. The van der Waals surface area contributed by atoms with E-state index in [0.29, 0.717) is 13.0 Å². The summed E-state index contributed by atoms with van der Waals surface area (Å²) in [6.07, 6.45) is 1.68. The van der Waals surface area contributed by atoms with Gasteiger partial charge in [0.05, 0.1) is 11.1 Å². The van der Waals surface area contributed by atoms with Gasteiger partial charge in [-0.2, -0.15) is 0 Å². The van der Waals surface area contributed by atoms with E-state index >= 15 is 0 Å². The Hall–Kier alpha value is -2.89. The Labute approximate surface area is 120 Å². The van der Waals surface area contributed by atoms with Gasteiger partial charge in [-0.25, -0.2) is 9.59 Å². The van der Waals surface area contributed by atoms with Crippen molar-refractivity contribution in [2.45, 2.75) is 6.42 Å². The third-order valence-corrected chi connectivity index (χ3v) is 2.86. The maximum atomic E-state index is 11.7. The molecule has 0 aliphatic rings. The molecule has 2 N–H and O–H groups in total. The lowest BCUT2D eigenvalue weighted by Crippen LogP contribution is -2.25. The van der Waals surface area contributed by atoms with Crippen LogP contribution in [0.1, 0.15) is 26.3 Å². The molecule has 2 rings (SSSR count). The van der Waals surface area contributed by atoms with Crippen molar-refractivity contribution >= 4 is 11.9 Å². The van der Waals surface area contributed by atoms with Crippen LogP contribution in [0.3, 0.4) is 0 Å². The molecule has 1 heterocycles. The van der Waals surface area contributed by atoms with Crippen LogP contribution >= 0.6 is 0 Å². The van der Waals surface area contributed by atoms with Gasteiger partial charge in [0.15, 0.2) is 0 Å². The van der Waals surface area contributed by atoms with Gasteiger partial charge >= 0.3 is 11.6 Å². The lowest BCUT2D eigenvalue weighted by atomic mass is 10.1. The normalized spacial score (nSPS) is 10.1. The van der Waals surface area contributed by atoms with E-state index in [-0.39, 0.29) is 17.0 Å². The van der Waals surface area contributed by atoms with E-state index in [1.54, 1.807) is 12.1 Å². The van der Waals surface area contributed by atoms with E-state index < -0.39 is 11.6 Å². The Morgan fingerprint density at radius 3 is 2.29 bits per heavy atom. The zero-order chi connectivity index (χ0) is 15.2. The fraction of sp³-hybridized carbons (Fsp3) is 0.133. The monoisotopic (exact) mass is 287 g/mol. The van der Waals surface area contributed by atoms with Crippen molar-refractivity contribution in [3.05, 3.63) is 69.8 Å². The molecule has 0 aliphatic heterocycles. The predicted octanol–water partition coefficient (Wildman–Crippen LogP) is 1.31. The molecule has 1 aromatic heterocycles. The number of carboxylic acids is 1. The number of amides is 1. The number of benzene rings is 1. The summed E-state index contributed by atoms with van der Waals surface area (Å²) in [6, 6.07) is 9.02. The fourth-order valence-electron chi connectivity index (χ4n) is 1.72. The molecule has 0 saturated heterocycles. The number of rotatable bonds is 5. The molecule has 0 atom stereocenters. The van der Waals surface area contributed by atoms with Crippen molar-refractivity contribution in [3.63, 3.8) is 0 Å². The fourth-order valence-corrected chi connectivity index (χ4v) is 1.72. The van der Waals surface area contributed by atoms with Gasteiger partial charge in [-0.3, -0.25) is 4.79 Å². The summed E-state index contributed by atoms with van der Waals surface area (Å²) in [5.74, 6) is -1.30. The smallest absolute Gasteiger partial charge is 0.335 e. The van der Waals surface area contributed by atoms with Crippen LogP contribution in [0.2, 0.25) is 0 Å². The molecule has 0 fully saturated rings. The lowest BCUT2D eigenvalue weighted by molar-refractivity contribution is 0.0696. The minimum Gasteiger partial charge on any atom is -0.478 e. The maximum Gasteiger partial charge on any atom is 0.335 e. The van der Waals surface area contributed by atoms with Crippen molar-refractivity contribution in [2.24, 2.45) is 0 Å². The van der Waals surface area contributed by atoms with Crippen LogP contribution in [-0.4, -0.2) is 23.5 Å². The number of carboxylic acid groups (broad SMARTS) is 1. The minimum atomic E-state index is -0.972. The second-order valence-corrected chi connectivity index (χ2v) is 4.35. The molecule has 1 aromatic carbocycles. The summed E-state index contributed by atoms with van der Waals surface area (Å²) < 4.78 is 4.61. The third-order valence-electron chi connectivity index (χ3n) is 2.86. The number of hydrogen-bond donors (Lipinski definition) is 2. The first kappa shape index (κ1) is 14.5. The van der Waals surface area contributed by atoms with Crippen molar-refractivity contribution in [1.29, 1.82) is 0 Å². The molecule has 108 valence electrons. The van der Waals surface area contributed by atoms with Crippen molar-refractivity contribution in [3.8, 4) is 0 Å². The molecule has 0 saturated carbocycles. The zero-order valence-electron chi connectivity index (χ0n) is 11.0. The molecule has 1 amide bonds. The van der Waals surface area contributed by atoms with Gasteiger partial charge in [0.2, 0.25) is 0 Å². The second kappa shape index (κ2) is 6.51. The van der Waals surface area contributed by atoms with Crippen LogP contribution in [0, 0.1) is 0 Å². The highest BCUT2D eigenvalue weighted by molar-refractivity contribution is 5.93. The topological polar surface area (TPSA) is 96.6 Å². The summed E-state index contributed by atoms with van der Waals surface area (Å²) in [6.45, 7) is 0.393. The quantitative estimate of drug-likeness (QED) is 0.864. The summed E-state index contributed by atoms with van der Waals surface area (Å²) in [5.41, 5.74) is 0.905. The van der Waals surface area contributed by atoms with Gasteiger partial charge < -0.3 is 14.8 Å². The van der Waals surface area contributed by atoms with Gasteiger partial charge in [-0.15, -0.1) is 0 Å². The average molecular weight is 287 g/mol. The Morgan fingerprint density at radius 1 is 1.05 bits per heavy atom. The highest BCUT2D eigenvalue weighted by atomic mass is 16.4. The Kier molecular flexibility index (Phi) is 4.50. The molecule has 21 heavy (non-hydrogen) atoms. The van der Waals surface area contributed by atoms with Gasteiger partial charge in [-0.05, 0) is 30.2 Å². The highest BCUT2D eigenvalue weighted by Crippen LogP contribution is 2.05. The minimum absolute atomic E-state index is 0.224. The highest BCUT2D eigenvalue weighted by Gasteiger charge is 2.06. The molecule has 0 aliphatic carbocycles. The second-order valence-electron chi connectivity index (χ2n) is 4.35. The number of aromatic carboxylic acids is 1. The third kappa shape index (κ3) is 4.04. The van der Waals surface area contributed by atoms with Crippen molar-refractivity contribution in [1.82, 2.24) is 5.32 Å². The Morgan fingerprint density at radius 2 is 1.71 bits per heavy atom. The van der Waals surface area contributed by atoms with E-state index in [0.717, 1.165) is 11.8 Å². The average Bonchev–Trinajstić information content (AvgIpc) is 2.48. The first-order valence-corrected chi connectivity index (χ1v) is 6.25. The van der Waals surface area contributed by atoms with Crippen LogP contribution in [0.25, 0.3) is 0 Å². The molecule has 2 aromatic rings. The molecule has 6 nitrogen and oxygen atoms in total. The van der Waals surface area contributed by atoms with Gasteiger partial charge in [0.25, 0.3) is 5.91 Å². The molecule has 0 radical (unpaired) electrons. The first-order chi connectivity index (χ1) is 10.1. The number of hydrogen-bond acceptors (Lipinski definition) is 4. The van der Waals surface area contributed by atoms with Crippen LogP contribution in [0.5, 0.6) is 0 Å². The van der Waals surface area contributed by atoms with E-state index in [2.05, 4.69) is 9.73 Å². The van der Waals surface area contributed by atoms with Crippen LogP contribution in [0.15, 0.2) is 51.9 Å². The molecular weight excluding hydrogens is 274 g/mol. The first-order valence-electron chi connectivity index (χ1n) is 6.25. The summed E-state index contributed by atoms with van der Waals surface area (Å²) >= 11 is 0. The van der Waals surface area contributed by atoms with E-state index in [9.17, 15) is 14.4 Å². The van der Waals surface area contributed by atoms with Crippen LogP contribution in [-0.2, 0) is 6.42 Å². The lowest BCUT2D eigenvalue weighted by Gasteiger charge is -2.05. The number of nitrogens with one attached hydrogen (secondary N) is 1. The zero-order valence-corrected chi connectivity index (χ0v) is 11.0. The number of carbonyl (C=O) groups excluding carboxylic acids is 1. The van der Waals surface area contributed by atoms with Crippen molar-refractivity contribution in [2.75, 3.05) is 6.54 Å². The maximum absolute atomic E-state index is 11.7. The summed E-state index contributed by atoms with van der Waals surface area (Å²) in [7, 11) is 0. The molecule has 6 heteroatoms. The van der Waals surface area contributed by atoms with E-state index in [1.807, 2.05) is 0 Å². The van der Waals surface area contributed by atoms with Gasteiger partial charge in [-0.1, -0.05) is 12.1 Å². The SMILES string of the molecule is O=C(O)c1ccc(CCNC(=O)c2ccc(=O)oc2)cc1. The Bertz CT molecular complexity index is 682.